The van der Waals surface area contributed by atoms with Crippen LogP contribution in [-0.2, 0) is 20.0 Å². The second-order valence-corrected chi connectivity index (χ2v) is 5.88. The summed E-state index contributed by atoms with van der Waals surface area (Å²) in [6, 6.07) is 4.21. The lowest BCUT2D eigenvalue weighted by Gasteiger charge is -1.99. The summed E-state index contributed by atoms with van der Waals surface area (Å²) < 4.78 is 1.18. The summed E-state index contributed by atoms with van der Waals surface area (Å²) in [6.07, 6.45) is 1.02. The molecule has 0 aliphatic carbocycles. The number of aryl methyl sites for hydroxylation is 1. The van der Waals surface area contributed by atoms with Gasteiger partial charge in [0.2, 0.25) is 0 Å². The maximum absolute atomic E-state index is 4.09. The lowest BCUT2D eigenvalue weighted by Crippen LogP contribution is -2.17. The van der Waals surface area contributed by atoms with Gasteiger partial charge in [0.1, 0.15) is 0 Å². The Bertz CT molecular complexity index is 410. The molecule has 0 unspecified atom stereocenters. The first-order valence-electron chi connectivity index (χ1n) is 4.92. The number of aromatic nitrogens is 4. The Kier molecular flexibility index (Phi) is 4.03. The average Bonchev–Trinajstić information content (AvgIpc) is 2.83. The summed E-state index contributed by atoms with van der Waals surface area (Å²) in [7, 11) is 1.76. The fourth-order valence-corrected chi connectivity index (χ4v) is 2.77. The van der Waals surface area contributed by atoms with E-state index in [1.807, 2.05) is 0 Å². The molecule has 7 heteroatoms. The number of hydrogen-bond acceptors (Lipinski definition) is 5. The molecule has 0 spiro atoms. The fourth-order valence-electron chi connectivity index (χ4n) is 1.29. The van der Waals surface area contributed by atoms with Crippen LogP contribution in [0.5, 0.6) is 0 Å². The highest BCUT2D eigenvalue weighted by Crippen LogP contribution is 2.21. The first-order valence-corrected chi connectivity index (χ1v) is 6.53. The minimum atomic E-state index is 0.667. The van der Waals surface area contributed by atoms with Crippen molar-refractivity contribution in [3.63, 3.8) is 0 Å². The number of tetrazole rings is 1. The van der Waals surface area contributed by atoms with Crippen LogP contribution >= 0.6 is 27.3 Å². The molecule has 2 heterocycles. The van der Waals surface area contributed by atoms with Crippen LogP contribution in [0, 0.1) is 0 Å². The van der Waals surface area contributed by atoms with Crippen molar-refractivity contribution in [3.05, 3.63) is 26.6 Å². The normalized spacial score (nSPS) is 10.9. The van der Waals surface area contributed by atoms with E-state index in [1.54, 1.807) is 18.4 Å². The minimum absolute atomic E-state index is 0.667. The molecule has 0 bridgehead atoms. The number of hydrogen-bond donors (Lipinski definition) is 1. The van der Waals surface area contributed by atoms with Gasteiger partial charge < -0.3 is 5.32 Å². The summed E-state index contributed by atoms with van der Waals surface area (Å²) in [5.41, 5.74) is 0. The third-order valence-electron chi connectivity index (χ3n) is 2.01. The number of nitrogens with one attached hydrogen (secondary N) is 1. The molecule has 0 aromatic carbocycles. The Morgan fingerprint density at radius 2 is 2.38 bits per heavy atom. The van der Waals surface area contributed by atoms with Gasteiger partial charge in [0.25, 0.3) is 0 Å². The van der Waals surface area contributed by atoms with Gasteiger partial charge in [-0.15, -0.1) is 21.5 Å². The number of nitrogens with zero attached hydrogens (tertiary/aromatic N) is 4. The molecular formula is C9H12BrN5S. The van der Waals surface area contributed by atoms with E-state index in [2.05, 4.69) is 48.8 Å². The number of rotatable bonds is 5. The molecule has 0 saturated heterocycles. The Morgan fingerprint density at radius 1 is 1.50 bits per heavy atom. The first kappa shape index (κ1) is 11.7. The third kappa shape index (κ3) is 3.36. The van der Waals surface area contributed by atoms with Gasteiger partial charge in [-0.3, -0.25) is 0 Å². The highest BCUT2D eigenvalue weighted by atomic mass is 79.9. The SMILES string of the molecule is Cn1nnc(CNCCc2ccc(Br)s2)n1. The van der Waals surface area contributed by atoms with E-state index < -0.39 is 0 Å². The predicted molar refractivity (Wildman–Crippen MR) is 66.2 cm³/mol. The van der Waals surface area contributed by atoms with E-state index in [4.69, 9.17) is 0 Å². The molecule has 0 fully saturated rings. The van der Waals surface area contributed by atoms with Crippen molar-refractivity contribution >= 4 is 27.3 Å². The maximum atomic E-state index is 4.09. The van der Waals surface area contributed by atoms with E-state index in [9.17, 15) is 0 Å². The Labute approximate surface area is 106 Å². The van der Waals surface area contributed by atoms with Crippen molar-refractivity contribution in [1.82, 2.24) is 25.5 Å². The molecule has 16 heavy (non-hydrogen) atoms. The van der Waals surface area contributed by atoms with Crippen molar-refractivity contribution in [2.75, 3.05) is 6.54 Å². The van der Waals surface area contributed by atoms with Crippen molar-refractivity contribution < 1.29 is 0 Å². The van der Waals surface area contributed by atoms with Crippen molar-refractivity contribution in [2.24, 2.45) is 7.05 Å². The highest BCUT2D eigenvalue weighted by Gasteiger charge is 2.00. The largest absolute Gasteiger partial charge is 0.309 e. The van der Waals surface area contributed by atoms with Gasteiger partial charge >= 0.3 is 0 Å². The van der Waals surface area contributed by atoms with E-state index in [-0.39, 0.29) is 0 Å². The Morgan fingerprint density at radius 3 is 3.00 bits per heavy atom. The maximum Gasteiger partial charge on any atom is 0.188 e. The van der Waals surface area contributed by atoms with Gasteiger partial charge in [0, 0.05) is 11.4 Å². The third-order valence-corrected chi connectivity index (χ3v) is 3.69. The molecule has 1 N–H and O–H groups in total. The molecule has 0 atom stereocenters. The molecule has 2 aromatic heterocycles. The molecule has 0 saturated carbocycles. The Hall–Kier alpha value is -0.790. The molecule has 0 radical (unpaired) electrons. The van der Waals surface area contributed by atoms with E-state index in [0.29, 0.717) is 6.54 Å². The predicted octanol–water partition coefficient (Wildman–Crippen LogP) is 1.37. The van der Waals surface area contributed by atoms with Gasteiger partial charge in [-0.1, -0.05) is 0 Å². The van der Waals surface area contributed by atoms with E-state index >= 15 is 0 Å². The summed E-state index contributed by atoms with van der Waals surface area (Å²) in [6.45, 7) is 1.59. The smallest absolute Gasteiger partial charge is 0.188 e. The summed E-state index contributed by atoms with van der Waals surface area (Å²) in [4.78, 5) is 2.83. The molecule has 2 aromatic rings. The molecular weight excluding hydrogens is 290 g/mol. The topological polar surface area (TPSA) is 55.6 Å². The van der Waals surface area contributed by atoms with Crippen LogP contribution in [0.25, 0.3) is 0 Å². The second-order valence-electron chi connectivity index (χ2n) is 3.33. The van der Waals surface area contributed by atoms with Crippen LogP contribution in [0.15, 0.2) is 15.9 Å². The van der Waals surface area contributed by atoms with Gasteiger partial charge in [0.05, 0.1) is 17.4 Å². The molecule has 5 nitrogen and oxygen atoms in total. The molecule has 0 amide bonds. The van der Waals surface area contributed by atoms with Crippen LogP contribution in [0.1, 0.15) is 10.7 Å². The zero-order valence-corrected chi connectivity index (χ0v) is 11.3. The quantitative estimate of drug-likeness (QED) is 0.848. The zero-order chi connectivity index (χ0) is 11.4. The van der Waals surface area contributed by atoms with Crippen LogP contribution in [0.4, 0.5) is 0 Å². The van der Waals surface area contributed by atoms with Crippen molar-refractivity contribution in [3.8, 4) is 0 Å². The molecule has 0 aliphatic rings. The minimum Gasteiger partial charge on any atom is -0.309 e. The van der Waals surface area contributed by atoms with Gasteiger partial charge in [-0.2, -0.15) is 4.80 Å². The second kappa shape index (κ2) is 5.51. The number of halogens is 1. The van der Waals surface area contributed by atoms with Crippen molar-refractivity contribution in [1.29, 1.82) is 0 Å². The van der Waals surface area contributed by atoms with Crippen LogP contribution in [-0.4, -0.2) is 26.8 Å². The number of thiophene rings is 1. The summed E-state index contributed by atoms with van der Waals surface area (Å²) >= 11 is 5.21. The Balaban J connectivity index is 1.69. The first-order chi connectivity index (χ1) is 7.74. The summed E-state index contributed by atoms with van der Waals surface area (Å²) in [5.74, 6) is 0.731. The zero-order valence-electron chi connectivity index (χ0n) is 8.85. The van der Waals surface area contributed by atoms with Gasteiger partial charge in [0.15, 0.2) is 5.82 Å². The molecule has 2 rings (SSSR count). The summed E-state index contributed by atoms with van der Waals surface area (Å²) in [5, 5.41) is 15.0. The molecule has 0 aliphatic heterocycles. The lowest BCUT2D eigenvalue weighted by atomic mass is 10.3. The fraction of sp³-hybridized carbons (Fsp3) is 0.444. The molecule has 86 valence electrons. The highest BCUT2D eigenvalue weighted by molar-refractivity contribution is 9.11. The van der Waals surface area contributed by atoms with Crippen LogP contribution in [0.3, 0.4) is 0 Å². The van der Waals surface area contributed by atoms with E-state index in [0.717, 1.165) is 18.8 Å². The van der Waals surface area contributed by atoms with Gasteiger partial charge in [-0.05, 0) is 39.7 Å². The monoisotopic (exact) mass is 301 g/mol. The van der Waals surface area contributed by atoms with Gasteiger partial charge in [-0.25, -0.2) is 0 Å². The van der Waals surface area contributed by atoms with Crippen LogP contribution in [0.2, 0.25) is 0 Å². The van der Waals surface area contributed by atoms with Crippen molar-refractivity contribution in [2.45, 2.75) is 13.0 Å². The van der Waals surface area contributed by atoms with E-state index in [1.165, 1.54) is 13.5 Å². The standard InChI is InChI=1S/C9H12BrN5S/c1-15-13-9(12-14-15)6-11-5-4-7-2-3-8(10)16-7/h2-3,11H,4-6H2,1H3. The lowest BCUT2D eigenvalue weighted by molar-refractivity contribution is 0.619. The van der Waals surface area contributed by atoms with Crippen LogP contribution < -0.4 is 5.32 Å². The average molecular weight is 302 g/mol.